The second-order valence-electron chi connectivity index (χ2n) is 8.70. The van der Waals surface area contributed by atoms with Gasteiger partial charge in [0.25, 0.3) is 0 Å². The van der Waals surface area contributed by atoms with Crippen LogP contribution in [-0.2, 0) is 21.4 Å². The molecule has 2 aromatic carbocycles. The number of methoxy groups -OCH3 is 1. The number of thiazole rings is 1. The number of aromatic nitrogens is 2. The van der Waals surface area contributed by atoms with Crippen molar-refractivity contribution < 1.29 is 17.9 Å². The fourth-order valence-electron chi connectivity index (χ4n) is 4.39. The second kappa shape index (κ2) is 9.96. The number of nitrogens with zero attached hydrogens (tertiary/aromatic N) is 4. The summed E-state index contributed by atoms with van der Waals surface area (Å²) in [5, 5.41) is 0.540. The lowest BCUT2D eigenvalue weighted by Crippen LogP contribution is -2.47. The summed E-state index contributed by atoms with van der Waals surface area (Å²) in [6.45, 7) is 2.54. The first kappa shape index (κ1) is 24.4. The highest BCUT2D eigenvalue weighted by Gasteiger charge is 2.42. The van der Waals surface area contributed by atoms with Crippen molar-refractivity contribution in [2.75, 3.05) is 18.6 Å². The molecular formula is C26H26N4O4S2. The third-order valence-electron chi connectivity index (χ3n) is 6.25. The fraction of sp³-hybridized carbons (Fsp3) is 0.269. The van der Waals surface area contributed by atoms with Gasteiger partial charge in [0, 0.05) is 18.9 Å². The van der Waals surface area contributed by atoms with E-state index in [9.17, 15) is 13.2 Å². The zero-order valence-corrected chi connectivity index (χ0v) is 21.6. The van der Waals surface area contributed by atoms with Crippen molar-refractivity contribution >= 4 is 42.6 Å². The molecule has 1 amide bonds. The molecule has 0 N–H and O–H groups in total. The minimum Gasteiger partial charge on any atom is -0.497 e. The Morgan fingerprint density at radius 2 is 2.00 bits per heavy atom. The second-order valence-corrected chi connectivity index (χ2v) is 11.6. The summed E-state index contributed by atoms with van der Waals surface area (Å²) in [6.07, 6.45) is 4.43. The number of benzene rings is 2. The molecule has 5 rings (SSSR count). The Labute approximate surface area is 214 Å². The van der Waals surface area contributed by atoms with Crippen LogP contribution >= 0.6 is 11.3 Å². The number of carbonyl (C=O) groups excluding carboxylic acids is 1. The molecule has 1 fully saturated rings. The third-order valence-corrected chi connectivity index (χ3v) is 9.21. The summed E-state index contributed by atoms with van der Waals surface area (Å²) in [6, 6.07) is 15.1. The molecule has 3 heterocycles. The van der Waals surface area contributed by atoms with Crippen molar-refractivity contribution in [3.8, 4) is 5.75 Å². The average Bonchev–Trinajstić information content (AvgIpc) is 3.55. The van der Waals surface area contributed by atoms with Crippen molar-refractivity contribution in [3.05, 3.63) is 78.1 Å². The van der Waals surface area contributed by atoms with E-state index in [0.29, 0.717) is 23.7 Å². The molecule has 0 spiro atoms. The summed E-state index contributed by atoms with van der Waals surface area (Å²) in [7, 11) is -2.35. The van der Waals surface area contributed by atoms with Crippen LogP contribution < -0.4 is 9.64 Å². The van der Waals surface area contributed by atoms with E-state index in [-0.39, 0.29) is 23.9 Å². The molecule has 0 bridgehead atoms. The molecule has 10 heteroatoms. The topological polar surface area (TPSA) is 92.7 Å². The Bertz CT molecular complexity index is 1490. The molecule has 36 heavy (non-hydrogen) atoms. The Balaban J connectivity index is 1.51. The highest BCUT2D eigenvalue weighted by atomic mass is 32.2. The molecule has 1 saturated heterocycles. The fourth-order valence-corrected chi connectivity index (χ4v) is 7.11. The third kappa shape index (κ3) is 4.71. The standard InChI is InChI=1S/C26H26N4O4S2/c1-18-7-12-22-24(15-18)35-26(28-22)29(17-19-5-3-13-27-16-19)25(31)23-6-4-14-30(23)36(32,33)21-10-8-20(34-2)9-11-21/h3,5,7-13,15-16,23H,4,6,14,17H2,1-2H3. The van der Waals surface area contributed by atoms with Gasteiger partial charge in [0.1, 0.15) is 11.8 Å². The van der Waals surface area contributed by atoms with Crippen molar-refractivity contribution in [1.82, 2.24) is 14.3 Å². The molecular weight excluding hydrogens is 496 g/mol. The Hall–Kier alpha value is -3.34. The molecule has 186 valence electrons. The quantitative estimate of drug-likeness (QED) is 0.357. The number of ether oxygens (including phenoxy) is 1. The van der Waals surface area contributed by atoms with E-state index in [1.165, 1.54) is 34.9 Å². The molecule has 1 aliphatic rings. The van der Waals surface area contributed by atoms with Gasteiger partial charge in [-0.25, -0.2) is 13.4 Å². The first-order chi connectivity index (χ1) is 17.4. The largest absolute Gasteiger partial charge is 0.497 e. The molecule has 4 aromatic rings. The highest BCUT2D eigenvalue weighted by Crippen LogP contribution is 2.34. The van der Waals surface area contributed by atoms with Crippen LogP contribution in [-0.4, -0.2) is 48.3 Å². The van der Waals surface area contributed by atoms with Crippen LogP contribution in [0, 0.1) is 6.92 Å². The van der Waals surface area contributed by atoms with Crippen LogP contribution in [0.3, 0.4) is 0 Å². The van der Waals surface area contributed by atoms with Gasteiger partial charge in [-0.1, -0.05) is 23.5 Å². The summed E-state index contributed by atoms with van der Waals surface area (Å²) in [5.41, 5.74) is 2.75. The van der Waals surface area contributed by atoms with Gasteiger partial charge >= 0.3 is 0 Å². The number of carbonyl (C=O) groups is 1. The van der Waals surface area contributed by atoms with E-state index in [1.807, 2.05) is 37.3 Å². The monoisotopic (exact) mass is 522 g/mol. The Morgan fingerprint density at radius 3 is 2.72 bits per heavy atom. The van der Waals surface area contributed by atoms with Crippen molar-refractivity contribution in [2.45, 2.75) is 37.2 Å². The van der Waals surface area contributed by atoms with Gasteiger partial charge in [0.2, 0.25) is 15.9 Å². The smallest absolute Gasteiger partial charge is 0.247 e. The number of hydrogen-bond acceptors (Lipinski definition) is 7. The lowest BCUT2D eigenvalue weighted by Gasteiger charge is -2.28. The van der Waals surface area contributed by atoms with Crippen LogP contribution in [0.1, 0.15) is 24.0 Å². The summed E-state index contributed by atoms with van der Waals surface area (Å²) < 4.78 is 34.5. The number of amides is 1. The van der Waals surface area contributed by atoms with E-state index in [4.69, 9.17) is 9.72 Å². The lowest BCUT2D eigenvalue weighted by atomic mass is 10.2. The van der Waals surface area contributed by atoms with Crippen molar-refractivity contribution in [1.29, 1.82) is 0 Å². The van der Waals surface area contributed by atoms with Crippen molar-refractivity contribution in [3.63, 3.8) is 0 Å². The van der Waals surface area contributed by atoms with Gasteiger partial charge in [0.05, 0.1) is 28.8 Å². The molecule has 0 saturated carbocycles. The highest BCUT2D eigenvalue weighted by molar-refractivity contribution is 7.89. The van der Waals surface area contributed by atoms with Gasteiger partial charge in [-0.2, -0.15) is 4.31 Å². The van der Waals surface area contributed by atoms with E-state index >= 15 is 0 Å². The molecule has 1 unspecified atom stereocenters. The molecule has 1 aliphatic heterocycles. The van der Waals surface area contributed by atoms with Gasteiger partial charge in [-0.15, -0.1) is 0 Å². The number of pyridine rings is 1. The Morgan fingerprint density at radius 1 is 1.19 bits per heavy atom. The minimum atomic E-state index is -3.88. The van der Waals surface area contributed by atoms with E-state index in [1.54, 1.807) is 29.4 Å². The number of hydrogen-bond donors (Lipinski definition) is 0. The zero-order chi connectivity index (χ0) is 25.3. The van der Waals surface area contributed by atoms with Crippen LogP contribution in [0.4, 0.5) is 5.13 Å². The van der Waals surface area contributed by atoms with E-state index in [0.717, 1.165) is 21.3 Å². The number of aryl methyl sites for hydroxylation is 1. The molecule has 8 nitrogen and oxygen atoms in total. The van der Waals surface area contributed by atoms with Gasteiger partial charge in [-0.3, -0.25) is 14.7 Å². The summed E-state index contributed by atoms with van der Waals surface area (Å²) in [5.74, 6) is 0.279. The normalized spacial score (nSPS) is 16.3. The van der Waals surface area contributed by atoms with Gasteiger partial charge in [-0.05, 0) is 73.4 Å². The average molecular weight is 523 g/mol. The first-order valence-corrected chi connectivity index (χ1v) is 13.9. The molecule has 0 radical (unpaired) electrons. The predicted octanol–water partition coefficient (Wildman–Crippen LogP) is 4.39. The minimum absolute atomic E-state index is 0.136. The summed E-state index contributed by atoms with van der Waals surface area (Å²) in [4.78, 5) is 24.7. The molecule has 1 atom stereocenters. The lowest BCUT2D eigenvalue weighted by molar-refractivity contribution is -0.121. The van der Waals surface area contributed by atoms with Crippen LogP contribution in [0.25, 0.3) is 10.2 Å². The van der Waals surface area contributed by atoms with E-state index in [2.05, 4.69) is 4.98 Å². The number of anilines is 1. The predicted molar refractivity (Wildman–Crippen MR) is 140 cm³/mol. The van der Waals surface area contributed by atoms with Crippen LogP contribution in [0.2, 0.25) is 0 Å². The maximum Gasteiger partial charge on any atom is 0.247 e. The van der Waals surface area contributed by atoms with E-state index < -0.39 is 16.1 Å². The zero-order valence-electron chi connectivity index (χ0n) is 20.0. The van der Waals surface area contributed by atoms with Gasteiger partial charge < -0.3 is 4.74 Å². The Kier molecular flexibility index (Phi) is 6.74. The van der Waals surface area contributed by atoms with Gasteiger partial charge in [0.15, 0.2) is 5.13 Å². The van der Waals surface area contributed by atoms with Crippen LogP contribution in [0.5, 0.6) is 5.75 Å². The maximum atomic E-state index is 14.0. The summed E-state index contributed by atoms with van der Waals surface area (Å²) >= 11 is 1.43. The molecule has 0 aliphatic carbocycles. The first-order valence-electron chi connectivity index (χ1n) is 11.6. The molecule has 2 aromatic heterocycles. The number of rotatable bonds is 7. The van der Waals surface area contributed by atoms with Crippen LogP contribution in [0.15, 0.2) is 71.9 Å². The van der Waals surface area contributed by atoms with Crippen molar-refractivity contribution in [2.24, 2.45) is 0 Å². The number of sulfonamides is 1. The maximum absolute atomic E-state index is 14.0. The SMILES string of the molecule is COc1ccc(S(=O)(=O)N2CCCC2C(=O)N(Cc2cccnc2)c2nc3ccc(C)cc3s2)cc1. The number of fused-ring (bicyclic) bond motifs is 1.